The molecule has 3 rings (SSSR count). The second-order valence-electron chi connectivity index (χ2n) is 7.29. The summed E-state index contributed by atoms with van der Waals surface area (Å²) in [6.45, 7) is 6.65. The molecule has 3 aromatic rings. The highest BCUT2D eigenvalue weighted by atomic mass is 16.5. The van der Waals surface area contributed by atoms with Crippen molar-refractivity contribution in [1.29, 1.82) is 5.26 Å². The van der Waals surface area contributed by atoms with Gasteiger partial charge in [-0.05, 0) is 18.2 Å². The van der Waals surface area contributed by atoms with E-state index in [0.29, 0.717) is 35.1 Å². The zero-order valence-corrected chi connectivity index (χ0v) is 15.9. The van der Waals surface area contributed by atoms with Crippen molar-refractivity contribution in [2.24, 2.45) is 12.8 Å². The number of aryl methyl sites for hydroxylation is 1. The molecule has 0 spiro atoms. The first kappa shape index (κ1) is 18.5. The van der Waals surface area contributed by atoms with Crippen LogP contribution in [0.5, 0.6) is 11.6 Å². The number of nitrogens with two attached hydrogens (primary N) is 1. The maximum Gasteiger partial charge on any atom is 0.217 e. The Morgan fingerprint density at radius 1 is 1.19 bits per heavy atom. The fourth-order valence-corrected chi connectivity index (χ4v) is 2.49. The van der Waals surface area contributed by atoms with Gasteiger partial charge in [0, 0.05) is 43.0 Å². The summed E-state index contributed by atoms with van der Waals surface area (Å²) in [5.74, 6) is 1.58. The summed E-state index contributed by atoms with van der Waals surface area (Å²) >= 11 is 0. The minimum Gasteiger partial charge on any atom is -0.438 e. The lowest BCUT2D eigenvalue weighted by Gasteiger charge is -2.13. The van der Waals surface area contributed by atoms with Crippen LogP contribution in [0.15, 0.2) is 36.7 Å². The van der Waals surface area contributed by atoms with Crippen LogP contribution in [0.1, 0.15) is 37.6 Å². The van der Waals surface area contributed by atoms with Gasteiger partial charge in [-0.3, -0.25) is 0 Å². The van der Waals surface area contributed by atoms with Crippen LogP contribution in [-0.2, 0) is 19.0 Å². The molecule has 0 bridgehead atoms. The van der Waals surface area contributed by atoms with E-state index in [1.807, 2.05) is 13.1 Å². The lowest BCUT2D eigenvalue weighted by molar-refractivity contribution is 0.431. The highest BCUT2D eigenvalue weighted by Gasteiger charge is 2.21. The van der Waals surface area contributed by atoms with Crippen LogP contribution in [0.25, 0.3) is 11.4 Å². The van der Waals surface area contributed by atoms with Crippen LogP contribution in [-0.4, -0.2) is 19.7 Å². The van der Waals surface area contributed by atoms with Gasteiger partial charge in [-0.25, -0.2) is 14.6 Å². The Morgan fingerprint density at radius 2 is 1.89 bits per heavy atom. The second-order valence-corrected chi connectivity index (χ2v) is 7.29. The Labute approximate surface area is 158 Å². The maximum atomic E-state index is 9.26. The molecule has 2 aromatic heterocycles. The van der Waals surface area contributed by atoms with Gasteiger partial charge < -0.3 is 10.5 Å². The lowest BCUT2D eigenvalue weighted by atomic mass is 9.93. The molecule has 0 fully saturated rings. The van der Waals surface area contributed by atoms with Gasteiger partial charge in [0.25, 0.3) is 0 Å². The number of nitriles is 1. The molecule has 0 saturated heterocycles. The van der Waals surface area contributed by atoms with E-state index >= 15 is 0 Å². The first-order valence-corrected chi connectivity index (χ1v) is 8.59. The number of hydrogen-bond donors (Lipinski definition) is 1. The van der Waals surface area contributed by atoms with Crippen LogP contribution >= 0.6 is 0 Å². The summed E-state index contributed by atoms with van der Waals surface area (Å²) in [5.41, 5.74) is 8.46. The van der Waals surface area contributed by atoms with Crippen molar-refractivity contribution in [2.75, 3.05) is 0 Å². The highest BCUT2D eigenvalue weighted by molar-refractivity contribution is 5.66. The van der Waals surface area contributed by atoms with E-state index in [2.05, 4.69) is 41.9 Å². The zero-order chi connectivity index (χ0) is 19.6. The van der Waals surface area contributed by atoms with Crippen molar-refractivity contribution in [3.63, 3.8) is 0 Å². The van der Waals surface area contributed by atoms with Gasteiger partial charge in [-0.15, -0.1) is 0 Å². The maximum absolute atomic E-state index is 9.26. The summed E-state index contributed by atoms with van der Waals surface area (Å²) in [5, 5.41) is 13.8. The second kappa shape index (κ2) is 7.17. The van der Waals surface area contributed by atoms with Crippen LogP contribution in [0.2, 0.25) is 0 Å². The van der Waals surface area contributed by atoms with Gasteiger partial charge in [0.2, 0.25) is 5.88 Å². The number of benzene rings is 1. The molecule has 2 N–H and O–H groups in total. The van der Waals surface area contributed by atoms with Crippen LogP contribution < -0.4 is 10.5 Å². The molecule has 0 unspecified atom stereocenters. The first-order chi connectivity index (χ1) is 12.8. The monoisotopic (exact) mass is 362 g/mol. The largest absolute Gasteiger partial charge is 0.438 e. The van der Waals surface area contributed by atoms with E-state index in [1.165, 1.54) is 0 Å². The Bertz CT molecular complexity index is 993. The molecule has 1 aromatic carbocycles. The molecular weight excluding hydrogens is 340 g/mol. The smallest absolute Gasteiger partial charge is 0.217 e. The molecule has 0 aliphatic heterocycles. The summed E-state index contributed by atoms with van der Waals surface area (Å²) in [6, 6.07) is 9.22. The van der Waals surface area contributed by atoms with Crippen molar-refractivity contribution in [3.8, 4) is 29.1 Å². The van der Waals surface area contributed by atoms with E-state index in [-0.39, 0.29) is 5.41 Å². The van der Waals surface area contributed by atoms with E-state index in [4.69, 9.17) is 10.5 Å². The third-order valence-electron chi connectivity index (χ3n) is 4.11. The average molecular weight is 362 g/mol. The Balaban J connectivity index is 2.04. The SMILES string of the molecule is Cn1nc(C(C)(C)C)cc1Oc1cc(C#N)ccc1-c1ncc(CN)cn1. The van der Waals surface area contributed by atoms with E-state index in [1.54, 1.807) is 35.3 Å². The molecule has 27 heavy (non-hydrogen) atoms. The third kappa shape index (κ3) is 3.96. The number of hydrogen-bond acceptors (Lipinski definition) is 6. The predicted molar refractivity (Wildman–Crippen MR) is 102 cm³/mol. The van der Waals surface area contributed by atoms with Crippen molar-refractivity contribution in [2.45, 2.75) is 32.7 Å². The third-order valence-corrected chi connectivity index (χ3v) is 4.11. The quantitative estimate of drug-likeness (QED) is 0.764. The van der Waals surface area contributed by atoms with Crippen LogP contribution in [0.3, 0.4) is 0 Å². The molecule has 0 radical (unpaired) electrons. The van der Waals surface area contributed by atoms with E-state index in [0.717, 1.165) is 11.3 Å². The summed E-state index contributed by atoms with van der Waals surface area (Å²) < 4.78 is 7.80. The molecule has 7 heteroatoms. The molecule has 138 valence electrons. The number of aromatic nitrogens is 4. The van der Waals surface area contributed by atoms with Gasteiger partial charge in [0.05, 0.1) is 22.9 Å². The normalized spacial score (nSPS) is 11.3. The van der Waals surface area contributed by atoms with Crippen LogP contribution in [0, 0.1) is 11.3 Å². The van der Waals surface area contributed by atoms with E-state index < -0.39 is 0 Å². The Morgan fingerprint density at radius 3 is 2.44 bits per heavy atom. The highest BCUT2D eigenvalue weighted by Crippen LogP contribution is 2.34. The minimum absolute atomic E-state index is 0.0993. The van der Waals surface area contributed by atoms with Crippen molar-refractivity contribution in [3.05, 3.63) is 53.5 Å². The number of ether oxygens (including phenoxy) is 1. The van der Waals surface area contributed by atoms with E-state index in [9.17, 15) is 5.26 Å². The van der Waals surface area contributed by atoms with Gasteiger partial charge in [0.1, 0.15) is 5.75 Å². The molecule has 0 aliphatic carbocycles. The minimum atomic E-state index is -0.0993. The fourth-order valence-electron chi connectivity index (χ4n) is 2.49. The topological polar surface area (TPSA) is 103 Å². The van der Waals surface area contributed by atoms with Gasteiger partial charge in [-0.1, -0.05) is 20.8 Å². The fraction of sp³-hybridized carbons (Fsp3) is 0.300. The Hall–Kier alpha value is -3.24. The molecule has 0 aliphatic rings. The Kier molecular flexibility index (Phi) is 4.93. The predicted octanol–water partition coefficient (Wildman–Crippen LogP) is 3.30. The van der Waals surface area contributed by atoms with Crippen molar-refractivity contribution < 1.29 is 4.74 Å². The molecule has 0 atom stereocenters. The lowest BCUT2D eigenvalue weighted by Crippen LogP contribution is -2.12. The van der Waals surface area contributed by atoms with Crippen molar-refractivity contribution >= 4 is 0 Å². The molecule has 0 amide bonds. The number of rotatable bonds is 4. The molecule has 0 saturated carbocycles. The van der Waals surface area contributed by atoms with Gasteiger partial charge >= 0.3 is 0 Å². The summed E-state index contributed by atoms with van der Waals surface area (Å²) in [6.07, 6.45) is 3.37. The van der Waals surface area contributed by atoms with Gasteiger partial charge in [-0.2, -0.15) is 10.4 Å². The molecule has 2 heterocycles. The summed E-state index contributed by atoms with van der Waals surface area (Å²) in [7, 11) is 1.82. The van der Waals surface area contributed by atoms with Crippen LogP contribution in [0.4, 0.5) is 0 Å². The average Bonchev–Trinajstić information content (AvgIpc) is 3.03. The standard InChI is InChI=1S/C20H22N6O/c1-20(2,3)17-8-18(26(4)25-17)27-16-7-13(9-21)5-6-15(16)19-23-11-14(10-22)12-24-19/h5-8,11-12H,10,22H2,1-4H3. The number of nitrogens with zero attached hydrogens (tertiary/aromatic N) is 5. The molecule has 7 nitrogen and oxygen atoms in total. The van der Waals surface area contributed by atoms with Crippen molar-refractivity contribution in [1.82, 2.24) is 19.7 Å². The first-order valence-electron chi connectivity index (χ1n) is 8.59. The molecular formula is C20H22N6O. The summed E-state index contributed by atoms with van der Waals surface area (Å²) in [4.78, 5) is 8.74. The zero-order valence-electron chi connectivity index (χ0n) is 15.9. The van der Waals surface area contributed by atoms with Gasteiger partial charge in [0.15, 0.2) is 5.82 Å².